The third kappa shape index (κ3) is 3.36. The van der Waals surface area contributed by atoms with Gasteiger partial charge in [0.2, 0.25) is 0 Å². The van der Waals surface area contributed by atoms with Crippen LogP contribution < -0.4 is 4.74 Å². The number of hydrogen-bond acceptors (Lipinski definition) is 2. The van der Waals surface area contributed by atoms with Gasteiger partial charge in [-0.15, -0.1) is 0 Å². The van der Waals surface area contributed by atoms with Crippen molar-refractivity contribution in [1.29, 1.82) is 0 Å². The fourth-order valence-electron chi connectivity index (χ4n) is 1.76. The van der Waals surface area contributed by atoms with Crippen LogP contribution in [0.5, 0.6) is 5.75 Å². The van der Waals surface area contributed by atoms with Crippen LogP contribution in [0.4, 0.5) is 0 Å². The van der Waals surface area contributed by atoms with Crippen LogP contribution in [0.2, 0.25) is 0 Å². The van der Waals surface area contributed by atoms with Crippen molar-refractivity contribution < 1.29 is 9.84 Å². The highest BCUT2D eigenvalue weighted by Crippen LogP contribution is 2.24. The summed E-state index contributed by atoms with van der Waals surface area (Å²) in [5.74, 6) is 0.852. The topological polar surface area (TPSA) is 45.2 Å². The molecule has 0 bridgehead atoms. The molecule has 0 aliphatic carbocycles. The van der Waals surface area contributed by atoms with Crippen molar-refractivity contribution in [2.24, 2.45) is 0 Å². The highest BCUT2D eigenvalue weighted by molar-refractivity contribution is 5.22. The number of ether oxygens (including phenoxy) is 1. The van der Waals surface area contributed by atoms with Crippen molar-refractivity contribution in [3.8, 4) is 5.75 Å². The molecule has 1 atom stereocenters. The van der Waals surface area contributed by atoms with Crippen LogP contribution in [-0.2, 0) is 0 Å². The van der Waals surface area contributed by atoms with Crippen molar-refractivity contribution in [3.05, 3.63) is 54.4 Å². The third-order valence-electron chi connectivity index (χ3n) is 2.61. The van der Waals surface area contributed by atoms with E-state index in [0.717, 1.165) is 24.3 Å². The van der Waals surface area contributed by atoms with E-state index in [1.54, 1.807) is 0 Å². The Morgan fingerprint density at radius 3 is 2.59 bits per heavy atom. The van der Waals surface area contributed by atoms with Crippen molar-refractivity contribution in [2.45, 2.75) is 18.9 Å². The zero-order valence-corrected chi connectivity index (χ0v) is 9.67. The molecule has 2 rings (SSSR count). The largest absolute Gasteiger partial charge is 0.484 e. The van der Waals surface area contributed by atoms with E-state index >= 15 is 0 Å². The van der Waals surface area contributed by atoms with Gasteiger partial charge in [-0.05, 0) is 37.1 Å². The average Bonchev–Trinajstić information content (AvgIpc) is 2.89. The normalized spacial score (nSPS) is 12.3. The van der Waals surface area contributed by atoms with Crippen molar-refractivity contribution >= 4 is 0 Å². The average molecular weight is 231 g/mol. The number of aromatic nitrogens is 1. The SMILES string of the molecule is OCCCC(Oc1ccccc1)c1ccc[nH]1. The standard InChI is InChI=1S/C14H17NO2/c16-11-5-9-14(13-8-4-10-15-13)17-12-6-2-1-3-7-12/h1-4,6-8,10,14-16H,5,9,11H2. The van der Waals surface area contributed by atoms with Gasteiger partial charge in [0.05, 0.1) is 5.69 Å². The monoisotopic (exact) mass is 231 g/mol. The second kappa shape index (κ2) is 6.11. The van der Waals surface area contributed by atoms with E-state index in [4.69, 9.17) is 9.84 Å². The van der Waals surface area contributed by atoms with E-state index in [1.165, 1.54) is 0 Å². The highest BCUT2D eigenvalue weighted by Gasteiger charge is 2.13. The predicted octanol–water partition coefficient (Wildman–Crippen LogP) is 2.91. The van der Waals surface area contributed by atoms with Gasteiger partial charge in [-0.1, -0.05) is 18.2 Å². The molecule has 0 saturated heterocycles. The zero-order chi connectivity index (χ0) is 11.9. The number of H-pyrrole nitrogens is 1. The van der Waals surface area contributed by atoms with Gasteiger partial charge in [-0.25, -0.2) is 0 Å². The highest BCUT2D eigenvalue weighted by atomic mass is 16.5. The summed E-state index contributed by atoms with van der Waals surface area (Å²) >= 11 is 0. The fourth-order valence-corrected chi connectivity index (χ4v) is 1.76. The molecule has 0 fully saturated rings. The van der Waals surface area contributed by atoms with E-state index in [-0.39, 0.29) is 12.7 Å². The molecule has 1 heterocycles. The number of hydrogen-bond donors (Lipinski definition) is 2. The Kier molecular flexibility index (Phi) is 4.22. The maximum Gasteiger partial charge on any atom is 0.138 e. The molecule has 0 aliphatic rings. The molecule has 1 aromatic carbocycles. The molecular formula is C14H17NO2. The lowest BCUT2D eigenvalue weighted by Gasteiger charge is -2.17. The first-order valence-electron chi connectivity index (χ1n) is 5.86. The molecule has 0 radical (unpaired) electrons. The maximum absolute atomic E-state index is 8.91. The van der Waals surface area contributed by atoms with E-state index in [9.17, 15) is 0 Å². The second-order valence-corrected chi connectivity index (χ2v) is 3.91. The van der Waals surface area contributed by atoms with Crippen molar-refractivity contribution in [1.82, 2.24) is 4.98 Å². The number of para-hydroxylation sites is 1. The molecule has 3 nitrogen and oxygen atoms in total. The quantitative estimate of drug-likeness (QED) is 0.803. The van der Waals surface area contributed by atoms with E-state index in [1.807, 2.05) is 48.7 Å². The van der Waals surface area contributed by atoms with E-state index in [0.29, 0.717) is 0 Å². The summed E-state index contributed by atoms with van der Waals surface area (Å²) in [5.41, 5.74) is 1.04. The molecule has 2 N–H and O–H groups in total. The Balaban J connectivity index is 2.06. The number of aliphatic hydroxyl groups is 1. The Morgan fingerprint density at radius 1 is 1.12 bits per heavy atom. The van der Waals surface area contributed by atoms with Crippen LogP contribution in [0.1, 0.15) is 24.6 Å². The third-order valence-corrected chi connectivity index (χ3v) is 2.61. The molecule has 0 saturated carbocycles. The molecule has 1 aromatic heterocycles. The number of nitrogens with one attached hydrogen (secondary N) is 1. The summed E-state index contributed by atoms with van der Waals surface area (Å²) < 4.78 is 5.92. The van der Waals surface area contributed by atoms with Crippen LogP contribution in [0.25, 0.3) is 0 Å². The van der Waals surface area contributed by atoms with Crippen LogP contribution in [0.15, 0.2) is 48.7 Å². The molecule has 3 heteroatoms. The molecule has 17 heavy (non-hydrogen) atoms. The van der Waals surface area contributed by atoms with Gasteiger partial charge in [0.1, 0.15) is 11.9 Å². The molecule has 0 amide bonds. The Hall–Kier alpha value is -1.74. The number of benzene rings is 1. The van der Waals surface area contributed by atoms with Crippen molar-refractivity contribution in [2.75, 3.05) is 6.61 Å². The lowest BCUT2D eigenvalue weighted by molar-refractivity contribution is 0.172. The predicted molar refractivity (Wildman–Crippen MR) is 66.9 cm³/mol. The minimum atomic E-state index is -0.0282. The molecule has 2 aromatic rings. The van der Waals surface area contributed by atoms with Crippen LogP contribution in [-0.4, -0.2) is 16.7 Å². The van der Waals surface area contributed by atoms with Gasteiger partial charge >= 0.3 is 0 Å². The van der Waals surface area contributed by atoms with E-state index < -0.39 is 0 Å². The van der Waals surface area contributed by atoms with E-state index in [2.05, 4.69) is 4.98 Å². The fraction of sp³-hybridized carbons (Fsp3) is 0.286. The molecule has 1 unspecified atom stereocenters. The van der Waals surface area contributed by atoms with Gasteiger partial charge in [-0.2, -0.15) is 0 Å². The molecular weight excluding hydrogens is 214 g/mol. The lowest BCUT2D eigenvalue weighted by Crippen LogP contribution is -2.08. The molecule has 0 spiro atoms. The summed E-state index contributed by atoms with van der Waals surface area (Å²) in [6.07, 6.45) is 3.39. The minimum Gasteiger partial charge on any atom is -0.484 e. The molecule has 0 aliphatic heterocycles. The van der Waals surface area contributed by atoms with Crippen LogP contribution in [0, 0.1) is 0 Å². The summed E-state index contributed by atoms with van der Waals surface area (Å²) in [6.45, 7) is 0.190. The Morgan fingerprint density at radius 2 is 1.94 bits per heavy atom. The first-order valence-corrected chi connectivity index (χ1v) is 5.86. The molecule has 90 valence electrons. The smallest absolute Gasteiger partial charge is 0.138 e. The van der Waals surface area contributed by atoms with Crippen molar-refractivity contribution in [3.63, 3.8) is 0 Å². The second-order valence-electron chi connectivity index (χ2n) is 3.91. The maximum atomic E-state index is 8.91. The minimum absolute atomic E-state index is 0.0282. The lowest BCUT2D eigenvalue weighted by atomic mass is 10.1. The number of aliphatic hydroxyl groups excluding tert-OH is 1. The number of rotatable bonds is 6. The summed E-state index contributed by atoms with van der Waals surface area (Å²) in [5, 5.41) is 8.91. The van der Waals surface area contributed by atoms with Gasteiger partial charge in [-0.3, -0.25) is 0 Å². The van der Waals surface area contributed by atoms with Gasteiger partial charge in [0.25, 0.3) is 0 Å². The summed E-state index contributed by atoms with van der Waals surface area (Å²) in [4.78, 5) is 3.16. The Labute approximate surface area is 101 Å². The van der Waals surface area contributed by atoms with Crippen LogP contribution >= 0.6 is 0 Å². The number of aromatic amines is 1. The first kappa shape index (κ1) is 11.7. The summed E-state index contributed by atoms with van der Waals surface area (Å²) in [7, 11) is 0. The summed E-state index contributed by atoms with van der Waals surface area (Å²) in [6, 6.07) is 13.7. The Bertz CT molecular complexity index is 411. The zero-order valence-electron chi connectivity index (χ0n) is 9.67. The van der Waals surface area contributed by atoms with Gasteiger partial charge in [0.15, 0.2) is 0 Å². The first-order chi connectivity index (χ1) is 8.40. The van der Waals surface area contributed by atoms with Gasteiger partial charge in [0, 0.05) is 12.8 Å². The van der Waals surface area contributed by atoms with Gasteiger partial charge < -0.3 is 14.8 Å². The van der Waals surface area contributed by atoms with Crippen LogP contribution in [0.3, 0.4) is 0 Å².